The number of rotatable bonds is 5. The molecule has 0 bridgehead atoms. The van der Waals surface area contributed by atoms with Gasteiger partial charge in [0, 0.05) is 0 Å². The van der Waals surface area contributed by atoms with Crippen molar-refractivity contribution in [2.45, 2.75) is 19.6 Å². The number of hydrogen-bond donors (Lipinski definition) is 1. The van der Waals surface area contributed by atoms with Crippen LogP contribution in [0.15, 0.2) is 46.2 Å². The fourth-order valence-corrected chi connectivity index (χ4v) is 2.57. The normalized spacial score (nSPS) is 12.1. The van der Waals surface area contributed by atoms with E-state index in [1.165, 1.54) is 11.3 Å². The number of aliphatic hydroxyl groups excluding tert-OH is 1. The molecule has 3 rings (SSSR count). The fourth-order valence-electron chi connectivity index (χ4n) is 1.92. The Kier molecular flexibility index (Phi) is 4.50. The molecule has 0 saturated carbocycles. The number of aromatic nitrogens is 2. The molecule has 1 aromatic carbocycles. The maximum absolute atomic E-state index is 12.1. The van der Waals surface area contributed by atoms with Crippen molar-refractivity contribution < 1.29 is 19.1 Å². The average molecular weight is 330 g/mol. The Morgan fingerprint density at radius 1 is 1.30 bits per heavy atom. The summed E-state index contributed by atoms with van der Waals surface area (Å²) in [6.07, 6.45) is -0.652. The highest BCUT2D eigenvalue weighted by Gasteiger charge is 2.20. The lowest BCUT2D eigenvalue weighted by molar-refractivity contribution is 0.0280. The third-order valence-electron chi connectivity index (χ3n) is 3.18. The van der Waals surface area contributed by atoms with Crippen LogP contribution in [0.1, 0.15) is 34.8 Å². The molecule has 118 valence electrons. The quantitative estimate of drug-likeness (QED) is 0.723. The van der Waals surface area contributed by atoms with Crippen LogP contribution in [0.5, 0.6) is 0 Å². The molecule has 2 heterocycles. The molecule has 2 aromatic heterocycles. The van der Waals surface area contributed by atoms with Crippen molar-refractivity contribution in [2.24, 2.45) is 0 Å². The maximum atomic E-state index is 12.1. The van der Waals surface area contributed by atoms with Crippen LogP contribution in [-0.2, 0) is 11.3 Å². The minimum absolute atomic E-state index is 0.0702. The van der Waals surface area contributed by atoms with Gasteiger partial charge in [0.1, 0.15) is 0 Å². The molecule has 6 nitrogen and oxygen atoms in total. The molecule has 3 aromatic rings. The third kappa shape index (κ3) is 3.46. The first-order valence-electron chi connectivity index (χ1n) is 6.95. The number of thiophene rings is 1. The molecule has 0 aliphatic heterocycles. The first kappa shape index (κ1) is 15.4. The van der Waals surface area contributed by atoms with Crippen LogP contribution in [0.4, 0.5) is 0 Å². The summed E-state index contributed by atoms with van der Waals surface area (Å²) in [4.78, 5) is 13.0. The average Bonchev–Trinajstić information content (AvgIpc) is 3.25. The molecule has 0 unspecified atom stereocenters. The number of aliphatic hydroxyl groups is 1. The van der Waals surface area contributed by atoms with Gasteiger partial charge in [-0.05, 0) is 36.1 Å². The van der Waals surface area contributed by atoms with E-state index < -0.39 is 12.1 Å². The second kappa shape index (κ2) is 6.72. The number of benzene rings is 1. The fraction of sp³-hybridized carbons (Fsp3) is 0.188. The predicted octanol–water partition coefficient (Wildman–Crippen LogP) is 3.21. The monoisotopic (exact) mass is 330 g/mol. The SMILES string of the molecule is C[C@@H](OC(=O)c1ccc(CO)cc1)c1nnc(-c2cccs2)o1. The van der Waals surface area contributed by atoms with Gasteiger partial charge in [0.25, 0.3) is 11.8 Å². The summed E-state index contributed by atoms with van der Waals surface area (Å²) in [5, 5.41) is 18.8. The highest BCUT2D eigenvalue weighted by Crippen LogP contribution is 2.26. The standard InChI is InChI=1S/C16H14N2O4S/c1-10(14-17-18-15(22-14)13-3-2-8-23-13)21-16(20)12-6-4-11(9-19)5-7-12/h2-8,10,19H,9H2,1H3/t10-/m1/s1. The minimum atomic E-state index is -0.652. The van der Waals surface area contributed by atoms with Gasteiger partial charge in [-0.1, -0.05) is 18.2 Å². The molecule has 0 spiro atoms. The van der Waals surface area contributed by atoms with Crippen LogP contribution in [0.2, 0.25) is 0 Å². The van der Waals surface area contributed by atoms with Gasteiger partial charge < -0.3 is 14.3 Å². The summed E-state index contributed by atoms with van der Waals surface area (Å²) in [7, 11) is 0. The van der Waals surface area contributed by atoms with Crippen molar-refractivity contribution >= 4 is 17.3 Å². The van der Waals surface area contributed by atoms with Crippen molar-refractivity contribution in [1.82, 2.24) is 10.2 Å². The third-order valence-corrected chi connectivity index (χ3v) is 4.03. The Morgan fingerprint density at radius 3 is 2.74 bits per heavy atom. The Balaban J connectivity index is 1.68. The number of ether oxygens (including phenoxy) is 1. The summed E-state index contributed by atoms with van der Waals surface area (Å²) in [6.45, 7) is 1.60. The van der Waals surface area contributed by atoms with Crippen molar-refractivity contribution in [3.63, 3.8) is 0 Å². The second-order valence-electron chi connectivity index (χ2n) is 4.83. The lowest BCUT2D eigenvalue weighted by Gasteiger charge is -2.09. The van der Waals surface area contributed by atoms with E-state index in [9.17, 15) is 4.79 Å². The van der Waals surface area contributed by atoms with Crippen molar-refractivity contribution in [1.29, 1.82) is 0 Å². The first-order chi connectivity index (χ1) is 11.2. The number of carbonyl (C=O) groups excluding carboxylic acids is 1. The molecular weight excluding hydrogens is 316 g/mol. The van der Waals surface area contributed by atoms with E-state index >= 15 is 0 Å². The van der Waals surface area contributed by atoms with Gasteiger partial charge >= 0.3 is 5.97 Å². The van der Waals surface area contributed by atoms with Gasteiger partial charge in [-0.25, -0.2) is 4.79 Å². The molecular formula is C16H14N2O4S. The lowest BCUT2D eigenvalue weighted by Crippen LogP contribution is -2.09. The number of nitrogens with zero attached hydrogens (tertiary/aromatic N) is 2. The van der Waals surface area contributed by atoms with Gasteiger partial charge in [0.2, 0.25) is 0 Å². The molecule has 0 aliphatic carbocycles. The van der Waals surface area contributed by atoms with Gasteiger partial charge in [-0.15, -0.1) is 21.5 Å². The van der Waals surface area contributed by atoms with E-state index in [0.717, 1.165) is 10.4 Å². The van der Waals surface area contributed by atoms with Crippen LogP contribution in [0.25, 0.3) is 10.8 Å². The van der Waals surface area contributed by atoms with Crippen LogP contribution >= 0.6 is 11.3 Å². The molecule has 0 amide bonds. The van der Waals surface area contributed by atoms with E-state index in [1.54, 1.807) is 31.2 Å². The Morgan fingerprint density at radius 2 is 2.09 bits per heavy atom. The zero-order valence-corrected chi connectivity index (χ0v) is 13.1. The van der Waals surface area contributed by atoms with Crippen LogP contribution in [0.3, 0.4) is 0 Å². The van der Waals surface area contributed by atoms with E-state index in [0.29, 0.717) is 11.5 Å². The number of hydrogen-bond acceptors (Lipinski definition) is 7. The number of carbonyl (C=O) groups is 1. The zero-order valence-electron chi connectivity index (χ0n) is 12.3. The highest BCUT2D eigenvalue weighted by atomic mass is 32.1. The smallest absolute Gasteiger partial charge is 0.338 e. The first-order valence-corrected chi connectivity index (χ1v) is 7.83. The summed E-state index contributed by atoms with van der Waals surface area (Å²) < 4.78 is 10.9. The maximum Gasteiger partial charge on any atom is 0.338 e. The Labute approximate surface area is 136 Å². The van der Waals surface area contributed by atoms with E-state index in [2.05, 4.69) is 10.2 Å². The van der Waals surface area contributed by atoms with E-state index in [1.807, 2.05) is 17.5 Å². The lowest BCUT2D eigenvalue weighted by atomic mass is 10.1. The van der Waals surface area contributed by atoms with E-state index in [-0.39, 0.29) is 12.5 Å². The summed E-state index contributed by atoms with van der Waals surface area (Å²) in [5.41, 5.74) is 1.12. The van der Waals surface area contributed by atoms with Crippen LogP contribution in [0, 0.1) is 0 Å². The summed E-state index contributed by atoms with van der Waals surface area (Å²) in [6, 6.07) is 10.3. The number of esters is 1. The second-order valence-corrected chi connectivity index (χ2v) is 5.77. The summed E-state index contributed by atoms with van der Waals surface area (Å²) in [5.74, 6) is 0.164. The van der Waals surface area contributed by atoms with E-state index in [4.69, 9.17) is 14.3 Å². The van der Waals surface area contributed by atoms with Crippen molar-refractivity contribution in [3.05, 3.63) is 58.8 Å². The van der Waals surface area contributed by atoms with Crippen molar-refractivity contribution in [2.75, 3.05) is 0 Å². The molecule has 23 heavy (non-hydrogen) atoms. The van der Waals surface area contributed by atoms with Crippen molar-refractivity contribution in [3.8, 4) is 10.8 Å². The van der Waals surface area contributed by atoms with Gasteiger partial charge in [-0.2, -0.15) is 0 Å². The molecule has 1 N–H and O–H groups in total. The molecule has 0 fully saturated rings. The molecule has 0 radical (unpaired) electrons. The van der Waals surface area contributed by atoms with Gasteiger partial charge in [-0.3, -0.25) is 0 Å². The molecule has 0 aliphatic rings. The van der Waals surface area contributed by atoms with Gasteiger partial charge in [0.15, 0.2) is 6.10 Å². The minimum Gasteiger partial charge on any atom is -0.449 e. The summed E-state index contributed by atoms with van der Waals surface area (Å²) >= 11 is 1.49. The largest absolute Gasteiger partial charge is 0.449 e. The predicted molar refractivity (Wildman–Crippen MR) is 83.8 cm³/mol. The topological polar surface area (TPSA) is 85.5 Å². The Hall–Kier alpha value is -2.51. The van der Waals surface area contributed by atoms with Crippen LogP contribution in [-0.4, -0.2) is 21.3 Å². The molecule has 1 atom stereocenters. The highest BCUT2D eigenvalue weighted by molar-refractivity contribution is 7.13. The van der Waals surface area contributed by atoms with Gasteiger partial charge in [0.05, 0.1) is 17.0 Å². The van der Waals surface area contributed by atoms with Crippen LogP contribution < -0.4 is 0 Å². The molecule has 0 saturated heterocycles. The Bertz CT molecular complexity index is 781. The zero-order chi connectivity index (χ0) is 16.2. The molecule has 7 heteroatoms.